The lowest BCUT2D eigenvalue weighted by Crippen LogP contribution is -2.48. The summed E-state index contributed by atoms with van der Waals surface area (Å²) in [5.74, 6) is 0.246. The van der Waals surface area contributed by atoms with E-state index in [0.717, 1.165) is 4.90 Å². The maximum absolute atomic E-state index is 12.0. The highest BCUT2D eigenvalue weighted by molar-refractivity contribution is 7.99. The lowest BCUT2D eigenvalue weighted by molar-refractivity contribution is -0.00351. The van der Waals surface area contributed by atoms with Crippen molar-refractivity contribution in [3.8, 4) is 6.07 Å². The molecule has 0 radical (unpaired) electrons. The van der Waals surface area contributed by atoms with Crippen LogP contribution in [0.2, 0.25) is 0 Å². The van der Waals surface area contributed by atoms with Crippen molar-refractivity contribution in [1.29, 1.82) is 5.26 Å². The fourth-order valence-corrected chi connectivity index (χ4v) is 2.18. The van der Waals surface area contributed by atoms with E-state index in [1.54, 1.807) is 6.07 Å². The van der Waals surface area contributed by atoms with Crippen molar-refractivity contribution in [1.82, 2.24) is 5.32 Å². The van der Waals surface area contributed by atoms with E-state index in [1.807, 2.05) is 18.2 Å². The Hall–Kier alpha value is -1.51. The minimum atomic E-state index is -0.0978. The van der Waals surface area contributed by atoms with Crippen molar-refractivity contribution >= 4 is 17.7 Å². The lowest BCUT2D eigenvalue weighted by atomic mass is 10.2. The first-order chi connectivity index (χ1) is 8.31. The predicted molar refractivity (Wildman–Crippen MR) is 64.9 cm³/mol. The molecule has 1 fully saturated rings. The van der Waals surface area contributed by atoms with Crippen LogP contribution in [0.1, 0.15) is 10.4 Å². The molecule has 1 aliphatic heterocycles. The summed E-state index contributed by atoms with van der Waals surface area (Å²) in [4.78, 5) is 12.8. The highest BCUT2D eigenvalue weighted by Crippen LogP contribution is 2.22. The van der Waals surface area contributed by atoms with E-state index in [1.165, 1.54) is 11.8 Å². The summed E-state index contributed by atoms with van der Waals surface area (Å²) in [5, 5.41) is 11.5. The van der Waals surface area contributed by atoms with Gasteiger partial charge in [0.15, 0.2) is 0 Å². The summed E-state index contributed by atoms with van der Waals surface area (Å²) < 4.78 is 5.00. The molecule has 4 nitrogen and oxygen atoms in total. The molecule has 1 amide bonds. The van der Waals surface area contributed by atoms with Crippen molar-refractivity contribution < 1.29 is 9.53 Å². The van der Waals surface area contributed by atoms with Crippen LogP contribution in [-0.2, 0) is 4.74 Å². The first-order valence-electron chi connectivity index (χ1n) is 5.28. The van der Waals surface area contributed by atoms with E-state index in [0.29, 0.717) is 24.5 Å². The second kappa shape index (κ2) is 5.71. The van der Waals surface area contributed by atoms with E-state index in [4.69, 9.17) is 10.00 Å². The number of hydrogen-bond acceptors (Lipinski definition) is 4. The normalized spacial score (nSPS) is 14.8. The van der Waals surface area contributed by atoms with Gasteiger partial charge in [-0.05, 0) is 12.1 Å². The van der Waals surface area contributed by atoms with Crippen LogP contribution in [-0.4, -0.2) is 30.9 Å². The van der Waals surface area contributed by atoms with Crippen LogP contribution in [0.3, 0.4) is 0 Å². The first-order valence-corrected chi connectivity index (χ1v) is 6.27. The van der Waals surface area contributed by atoms with Crippen LogP contribution in [0.4, 0.5) is 0 Å². The average molecular weight is 248 g/mol. The standard InChI is InChI=1S/C12H12N2O2S/c13-5-6-17-11-4-2-1-3-10(11)12(15)14-9-7-16-8-9/h1-4,9H,6-8H2,(H,14,15). The van der Waals surface area contributed by atoms with Gasteiger partial charge in [0.05, 0.1) is 36.6 Å². The highest BCUT2D eigenvalue weighted by atomic mass is 32.2. The number of hydrogen-bond donors (Lipinski definition) is 1. The van der Waals surface area contributed by atoms with E-state index >= 15 is 0 Å². The van der Waals surface area contributed by atoms with Crippen molar-refractivity contribution in [2.24, 2.45) is 0 Å². The first kappa shape index (κ1) is 12.0. The number of carbonyl (C=O) groups is 1. The molecule has 0 atom stereocenters. The zero-order valence-corrected chi connectivity index (χ0v) is 10.00. The molecular weight excluding hydrogens is 236 g/mol. The molecule has 0 bridgehead atoms. The highest BCUT2D eigenvalue weighted by Gasteiger charge is 2.22. The van der Waals surface area contributed by atoms with E-state index in [9.17, 15) is 4.79 Å². The van der Waals surface area contributed by atoms with Crippen molar-refractivity contribution in [3.05, 3.63) is 29.8 Å². The van der Waals surface area contributed by atoms with E-state index < -0.39 is 0 Å². The topological polar surface area (TPSA) is 62.1 Å². The lowest BCUT2D eigenvalue weighted by Gasteiger charge is -2.27. The second-order valence-electron chi connectivity index (χ2n) is 3.65. The number of benzene rings is 1. The summed E-state index contributed by atoms with van der Waals surface area (Å²) in [6.45, 7) is 1.17. The van der Waals surface area contributed by atoms with Crippen LogP contribution < -0.4 is 5.32 Å². The number of ether oxygens (including phenoxy) is 1. The summed E-state index contributed by atoms with van der Waals surface area (Å²) >= 11 is 1.37. The van der Waals surface area contributed by atoms with Crippen molar-refractivity contribution in [2.45, 2.75) is 10.9 Å². The van der Waals surface area contributed by atoms with Gasteiger partial charge in [-0.2, -0.15) is 5.26 Å². The third-order valence-corrected chi connectivity index (χ3v) is 3.34. The molecule has 1 aromatic carbocycles. The molecule has 17 heavy (non-hydrogen) atoms. The largest absolute Gasteiger partial charge is 0.377 e. The molecular formula is C12H12N2O2S. The predicted octanol–water partition coefficient (Wildman–Crippen LogP) is 1.43. The number of nitrogens with zero attached hydrogens (tertiary/aromatic N) is 1. The van der Waals surface area contributed by atoms with Gasteiger partial charge in [0, 0.05) is 4.90 Å². The molecule has 1 saturated heterocycles. The molecule has 88 valence electrons. The van der Waals surface area contributed by atoms with Gasteiger partial charge in [0.1, 0.15) is 0 Å². The SMILES string of the molecule is N#CCSc1ccccc1C(=O)NC1COC1. The van der Waals surface area contributed by atoms with E-state index in [2.05, 4.69) is 11.4 Å². The smallest absolute Gasteiger partial charge is 0.252 e. The molecule has 1 N–H and O–H groups in total. The Morgan fingerprint density at radius 3 is 2.94 bits per heavy atom. The molecule has 1 aromatic rings. The Balaban J connectivity index is 2.07. The fraction of sp³-hybridized carbons (Fsp3) is 0.333. The maximum atomic E-state index is 12.0. The number of amides is 1. The zero-order chi connectivity index (χ0) is 12.1. The van der Waals surface area contributed by atoms with Gasteiger partial charge in [-0.1, -0.05) is 12.1 Å². The summed E-state index contributed by atoms with van der Waals surface area (Å²) in [5.41, 5.74) is 0.625. The van der Waals surface area contributed by atoms with Gasteiger partial charge >= 0.3 is 0 Å². The quantitative estimate of drug-likeness (QED) is 0.819. The van der Waals surface area contributed by atoms with Gasteiger partial charge < -0.3 is 10.1 Å². The monoisotopic (exact) mass is 248 g/mol. The molecule has 1 heterocycles. The number of nitriles is 1. The molecule has 0 aliphatic carbocycles. The summed E-state index contributed by atoms with van der Waals surface area (Å²) in [7, 11) is 0. The molecule has 0 saturated carbocycles. The number of rotatable bonds is 4. The molecule has 1 aliphatic rings. The van der Waals surface area contributed by atoms with E-state index in [-0.39, 0.29) is 11.9 Å². The van der Waals surface area contributed by atoms with Crippen LogP contribution in [0.15, 0.2) is 29.2 Å². The Kier molecular flexibility index (Phi) is 4.02. The minimum absolute atomic E-state index is 0.0978. The third-order valence-electron chi connectivity index (χ3n) is 2.40. The summed E-state index contributed by atoms with van der Waals surface area (Å²) in [6, 6.07) is 9.49. The Morgan fingerprint density at radius 2 is 2.29 bits per heavy atom. The summed E-state index contributed by atoms with van der Waals surface area (Å²) in [6.07, 6.45) is 0. The Morgan fingerprint density at radius 1 is 1.53 bits per heavy atom. The van der Waals surface area contributed by atoms with Crippen LogP contribution in [0.25, 0.3) is 0 Å². The fourth-order valence-electron chi connectivity index (χ4n) is 1.47. The Bertz CT molecular complexity index is 452. The second-order valence-corrected chi connectivity index (χ2v) is 4.67. The van der Waals surface area contributed by atoms with Crippen molar-refractivity contribution in [3.63, 3.8) is 0 Å². The number of carbonyl (C=O) groups excluding carboxylic acids is 1. The maximum Gasteiger partial charge on any atom is 0.252 e. The van der Waals surface area contributed by atoms with Crippen LogP contribution >= 0.6 is 11.8 Å². The molecule has 0 aromatic heterocycles. The Labute approximate surface area is 104 Å². The van der Waals surface area contributed by atoms with Gasteiger partial charge in [0.2, 0.25) is 0 Å². The van der Waals surface area contributed by atoms with Gasteiger partial charge in [-0.3, -0.25) is 4.79 Å². The van der Waals surface area contributed by atoms with Gasteiger partial charge in [-0.25, -0.2) is 0 Å². The van der Waals surface area contributed by atoms with Crippen LogP contribution in [0, 0.1) is 11.3 Å². The molecule has 0 unspecified atom stereocenters. The minimum Gasteiger partial charge on any atom is -0.377 e. The third kappa shape index (κ3) is 2.99. The molecule has 0 spiro atoms. The molecule has 2 rings (SSSR count). The zero-order valence-electron chi connectivity index (χ0n) is 9.18. The number of thioether (sulfide) groups is 1. The van der Waals surface area contributed by atoms with Crippen molar-refractivity contribution in [2.75, 3.05) is 19.0 Å². The average Bonchev–Trinajstić information content (AvgIpc) is 2.31. The number of nitrogens with one attached hydrogen (secondary N) is 1. The van der Waals surface area contributed by atoms with Gasteiger partial charge in [-0.15, -0.1) is 11.8 Å². The van der Waals surface area contributed by atoms with Gasteiger partial charge in [0.25, 0.3) is 5.91 Å². The molecule has 5 heteroatoms. The van der Waals surface area contributed by atoms with Crippen LogP contribution in [0.5, 0.6) is 0 Å².